The molecule has 0 fully saturated rings. The van der Waals surface area contributed by atoms with E-state index in [0.29, 0.717) is 34.6 Å². The molecule has 0 saturated carbocycles. The van der Waals surface area contributed by atoms with Crippen molar-refractivity contribution in [3.05, 3.63) is 65.0 Å². The van der Waals surface area contributed by atoms with Crippen molar-refractivity contribution in [2.75, 3.05) is 21.0 Å². The third-order valence-corrected chi connectivity index (χ3v) is 4.00. The zero-order valence-electron chi connectivity index (χ0n) is 16.6. The van der Waals surface area contributed by atoms with Crippen LogP contribution in [-0.4, -0.2) is 36.9 Å². The fourth-order valence-corrected chi connectivity index (χ4v) is 2.54. The van der Waals surface area contributed by atoms with Crippen molar-refractivity contribution < 1.29 is 24.1 Å². The van der Waals surface area contributed by atoms with E-state index < -0.39 is 0 Å². The first-order valence-corrected chi connectivity index (χ1v) is 8.78. The molecule has 2 rings (SSSR count). The highest BCUT2D eigenvalue weighted by Gasteiger charge is 2.18. The van der Waals surface area contributed by atoms with Crippen molar-refractivity contribution >= 4 is 11.9 Å². The summed E-state index contributed by atoms with van der Waals surface area (Å²) in [7, 11) is 3.02. The van der Waals surface area contributed by atoms with Gasteiger partial charge in [-0.2, -0.15) is 0 Å². The molecule has 1 aromatic heterocycles. The standard InChI is InChI=1S/C22H25NO5/c1-15(2)5-6-18-21(28-14-26-3)13-20(27-4)17(22(18)25)7-8-19(24)16-9-11-23-12-10-16/h5,7-13,25H,6,14H2,1-4H3/b8-7+. The number of methoxy groups -OCH3 is 2. The summed E-state index contributed by atoms with van der Waals surface area (Å²) in [5, 5.41) is 10.9. The molecule has 0 bridgehead atoms. The first kappa shape index (κ1) is 21.2. The van der Waals surface area contributed by atoms with Gasteiger partial charge in [0.25, 0.3) is 0 Å². The number of carbonyl (C=O) groups is 1. The van der Waals surface area contributed by atoms with Crippen molar-refractivity contribution in [1.29, 1.82) is 0 Å². The number of benzene rings is 1. The Labute approximate surface area is 165 Å². The maximum atomic E-state index is 12.3. The minimum atomic E-state index is -0.200. The molecule has 148 valence electrons. The van der Waals surface area contributed by atoms with Gasteiger partial charge in [0.15, 0.2) is 12.6 Å². The van der Waals surface area contributed by atoms with Crippen LogP contribution in [0.3, 0.4) is 0 Å². The number of pyridine rings is 1. The highest BCUT2D eigenvalue weighted by Crippen LogP contribution is 2.40. The van der Waals surface area contributed by atoms with Gasteiger partial charge in [-0.3, -0.25) is 9.78 Å². The molecule has 0 aliphatic rings. The largest absolute Gasteiger partial charge is 0.507 e. The van der Waals surface area contributed by atoms with E-state index in [1.165, 1.54) is 20.3 Å². The number of nitrogens with zero attached hydrogens (tertiary/aromatic N) is 1. The van der Waals surface area contributed by atoms with Gasteiger partial charge in [-0.15, -0.1) is 0 Å². The monoisotopic (exact) mass is 383 g/mol. The average Bonchev–Trinajstić information content (AvgIpc) is 2.70. The number of aromatic nitrogens is 1. The number of rotatable bonds is 9. The Morgan fingerprint density at radius 3 is 2.50 bits per heavy atom. The highest BCUT2D eigenvalue weighted by atomic mass is 16.7. The molecular formula is C22H25NO5. The highest BCUT2D eigenvalue weighted by molar-refractivity contribution is 6.07. The van der Waals surface area contributed by atoms with E-state index in [9.17, 15) is 9.90 Å². The lowest BCUT2D eigenvalue weighted by molar-refractivity contribution is 0.0502. The quantitative estimate of drug-likeness (QED) is 0.303. The summed E-state index contributed by atoms with van der Waals surface area (Å²) < 4.78 is 16.0. The van der Waals surface area contributed by atoms with E-state index in [-0.39, 0.29) is 18.3 Å². The third-order valence-electron chi connectivity index (χ3n) is 4.00. The normalized spacial score (nSPS) is 10.7. The van der Waals surface area contributed by atoms with Crippen molar-refractivity contribution in [2.45, 2.75) is 20.3 Å². The van der Waals surface area contributed by atoms with Crippen molar-refractivity contribution in [3.63, 3.8) is 0 Å². The lowest BCUT2D eigenvalue weighted by atomic mass is 10.0. The predicted molar refractivity (Wildman–Crippen MR) is 108 cm³/mol. The molecule has 28 heavy (non-hydrogen) atoms. The van der Waals surface area contributed by atoms with E-state index in [2.05, 4.69) is 4.98 Å². The van der Waals surface area contributed by atoms with Gasteiger partial charge in [-0.05, 0) is 44.6 Å². The number of phenols is 1. The van der Waals surface area contributed by atoms with Gasteiger partial charge < -0.3 is 19.3 Å². The van der Waals surface area contributed by atoms with Crippen LogP contribution in [0.25, 0.3) is 6.08 Å². The molecule has 0 amide bonds. The minimum absolute atomic E-state index is 0.00160. The first-order valence-electron chi connectivity index (χ1n) is 8.78. The Bertz CT molecular complexity index is 868. The smallest absolute Gasteiger partial charge is 0.188 e. The summed E-state index contributed by atoms with van der Waals surface area (Å²) in [6, 6.07) is 4.95. The summed E-state index contributed by atoms with van der Waals surface area (Å²) in [5.41, 5.74) is 2.62. The number of allylic oxidation sites excluding steroid dienone is 3. The van der Waals surface area contributed by atoms with Crippen LogP contribution in [0.1, 0.15) is 35.3 Å². The topological polar surface area (TPSA) is 77.9 Å². The third kappa shape index (κ3) is 5.44. The van der Waals surface area contributed by atoms with Crippen molar-refractivity contribution in [2.24, 2.45) is 0 Å². The zero-order chi connectivity index (χ0) is 20.5. The van der Waals surface area contributed by atoms with E-state index in [1.807, 2.05) is 19.9 Å². The molecule has 0 unspecified atom stereocenters. The average molecular weight is 383 g/mol. The Morgan fingerprint density at radius 2 is 1.89 bits per heavy atom. The molecule has 0 spiro atoms. The Hall–Kier alpha value is -3.12. The van der Waals surface area contributed by atoms with Crippen LogP contribution in [0, 0.1) is 0 Å². The lowest BCUT2D eigenvalue weighted by Crippen LogP contribution is -2.04. The van der Waals surface area contributed by atoms with E-state index in [4.69, 9.17) is 14.2 Å². The van der Waals surface area contributed by atoms with Gasteiger partial charge in [0, 0.05) is 36.7 Å². The molecular weight excluding hydrogens is 358 g/mol. The zero-order valence-corrected chi connectivity index (χ0v) is 16.6. The number of ether oxygens (including phenoxy) is 3. The van der Waals surface area contributed by atoms with Crippen molar-refractivity contribution in [1.82, 2.24) is 4.98 Å². The second-order valence-electron chi connectivity index (χ2n) is 6.29. The molecule has 6 nitrogen and oxygen atoms in total. The number of hydrogen-bond acceptors (Lipinski definition) is 6. The predicted octanol–water partition coefficient (Wildman–Crippen LogP) is 4.18. The maximum Gasteiger partial charge on any atom is 0.188 e. The SMILES string of the molecule is COCOc1cc(OC)c(/C=C/C(=O)c2ccncc2)c(O)c1CC=C(C)C. The number of carbonyl (C=O) groups excluding carboxylic acids is 1. The number of hydrogen-bond donors (Lipinski definition) is 1. The van der Waals surface area contributed by atoms with Gasteiger partial charge in [0.05, 0.1) is 12.7 Å². The van der Waals surface area contributed by atoms with Crippen LogP contribution in [-0.2, 0) is 11.2 Å². The summed E-state index contributed by atoms with van der Waals surface area (Å²) in [5.74, 6) is 0.658. The molecule has 6 heteroatoms. The Kier molecular flexibility index (Phi) is 7.77. The molecule has 1 aromatic carbocycles. The molecule has 0 aliphatic heterocycles. The van der Waals surface area contributed by atoms with Crippen LogP contribution in [0.2, 0.25) is 0 Å². The van der Waals surface area contributed by atoms with Gasteiger partial charge >= 0.3 is 0 Å². The molecule has 0 atom stereocenters. The summed E-state index contributed by atoms with van der Waals surface area (Å²) in [6.07, 6.45) is 8.50. The summed E-state index contributed by atoms with van der Waals surface area (Å²) in [4.78, 5) is 16.3. The van der Waals surface area contributed by atoms with Crippen LogP contribution in [0.4, 0.5) is 0 Å². The Morgan fingerprint density at radius 1 is 1.18 bits per heavy atom. The van der Waals surface area contributed by atoms with E-state index >= 15 is 0 Å². The molecule has 2 aromatic rings. The first-order chi connectivity index (χ1) is 13.5. The molecule has 0 saturated heterocycles. The molecule has 0 radical (unpaired) electrons. The van der Waals surface area contributed by atoms with Crippen LogP contribution in [0.15, 0.2) is 48.3 Å². The fourth-order valence-electron chi connectivity index (χ4n) is 2.54. The minimum Gasteiger partial charge on any atom is -0.507 e. The second-order valence-corrected chi connectivity index (χ2v) is 6.29. The van der Waals surface area contributed by atoms with Gasteiger partial charge in [0.2, 0.25) is 0 Å². The maximum absolute atomic E-state index is 12.3. The van der Waals surface area contributed by atoms with Crippen LogP contribution < -0.4 is 9.47 Å². The molecule has 1 heterocycles. The summed E-state index contributed by atoms with van der Waals surface area (Å²) in [6.45, 7) is 4.00. The lowest BCUT2D eigenvalue weighted by Gasteiger charge is -2.16. The number of ketones is 1. The van der Waals surface area contributed by atoms with E-state index in [0.717, 1.165) is 5.57 Å². The second kappa shape index (κ2) is 10.3. The van der Waals surface area contributed by atoms with Crippen molar-refractivity contribution in [3.8, 4) is 17.2 Å². The van der Waals surface area contributed by atoms with Crippen LogP contribution in [0.5, 0.6) is 17.2 Å². The van der Waals surface area contributed by atoms with Crippen LogP contribution >= 0.6 is 0 Å². The molecule has 0 aliphatic carbocycles. The fraction of sp³-hybridized carbons (Fsp3) is 0.273. The summed E-state index contributed by atoms with van der Waals surface area (Å²) >= 11 is 0. The van der Waals surface area contributed by atoms with Gasteiger partial charge in [0.1, 0.15) is 17.2 Å². The molecule has 1 N–H and O–H groups in total. The van der Waals surface area contributed by atoms with E-state index in [1.54, 1.807) is 36.7 Å². The Balaban J connectivity index is 2.47. The number of phenolic OH excluding ortho intramolecular Hbond substituents is 1. The van der Waals surface area contributed by atoms with Gasteiger partial charge in [-0.1, -0.05) is 11.6 Å². The van der Waals surface area contributed by atoms with Gasteiger partial charge in [-0.25, -0.2) is 0 Å². The number of aromatic hydroxyl groups is 1.